The van der Waals surface area contributed by atoms with Crippen molar-refractivity contribution in [1.29, 1.82) is 0 Å². The van der Waals surface area contributed by atoms with Crippen LogP contribution in [0.3, 0.4) is 0 Å². The van der Waals surface area contributed by atoms with E-state index in [1.54, 1.807) is 0 Å². The molecule has 6 heteroatoms. The highest BCUT2D eigenvalue weighted by Gasteiger charge is 2.54. The summed E-state index contributed by atoms with van der Waals surface area (Å²) in [5.41, 5.74) is 42.1. The Labute approximate surface area is 699 Å². The Hall–Kier alpha value is -13.7. The van der Waals surface area contributed by atoms with Crippen molar-refractivity contribution in [2.24, 2.45) is 0 Å². The number of hydrogen-bond donors (Lipinski definition) is 0. The molecule has 0 fully saturated rings. The third kappa shape index (κ3) is 10.5. The van der Waals surface area contributed by atoms with Crippen molar-refractivity contribution in [2.75, 3.05) is 14.7 Å². The highest BCUT2D eigenvalue weighted by molar-refractivity contribution is 7.02. The molecule has 0 amide bonds. The molecule has 566 valence electrons. The van der Waals surface area contributed by atoms with E-state index in [0.29, 0.717) is 0 Å². The molecule has 119 heavy (non-hydrogen) atoms. The molecule has 0 unspecified atom stereocenters. The first kappa shape index (κ1) is 70.7. The van der Waals surface area contributed by atoms with Crippen LogP contribution in [0.4, 0.5) is 51.2 Å². The third-order valence-corrected chi connectivity index (χ3v) is 26.7. The second-order valence-corrected chi connectivity index (χ2v) is 36.5. The maximum atomic E-state index is 8.19. The summed E-state index contributed by atoms with van der Waals surface area (Å²) in [7, 11) is 0. The van der Waals surface area contributed by atoms with Gasteiger partial charge in [-0.2, -0.15) is 0 Å². The molecular weight excluding hydrogens is 1440 g/mol. The SMILES string of the molecule is CC(C)(C)c1cc(-c2ccccc2)c(N2c3ccccc3B3c4cc5c(cc4N(c4ccccc4)c4cc(C(C)(C)C)cc2c43)Oc2cc3cc(-c4cccc6c4C4(c7ccccc7-c7ccccc74)c4ccccc4-6)ccc3c3c2B5c2ccccc2N3c2c(-c3ccccc3)cc(C(C)(C)C)cc2-c2ccccc2)c(-c2ccccc2)c1. The topological polar surface area (TPSA) is 19.0 Å². The quantitative estimate of drug-likeness (QED) is 0.141. The molecule has 6 aliphatic rings. The molecule has 17 aromatic rings. The van der Waals surface area contributed by atoms with Crippen LogP contribution >= 0.6 is 0 Å². The van der Waals surface area contributed by atoms with Crippen molar-refractivity contribution in [2.45, 2.75) is 84.0 Å². The van der Waals surface area contributed by atoms with Crippen LogP contribution in [0.5, 0.6) is 11.5 Å². The lowest BCUT2D eigenvalue weighted by atomic mass is 9.30. The van der Waals surface area contributed by atoms with Gasteiger partial charge in [0.1, 0.15) is 11.5 Å². The summed E-state index contributed by atoms with van der Waals surface area (Å²) in [6, 6.07) is 139. The summed E-state index contributed by atoms with van der Waals surface area (Å²) in [6.45, 7) is 20.7. The molecule has 17 aromatic carbocycles. The highest BCUT2D eigenvalue weighted by Crippen LogP contribution is 2.65. The number of benzene rings is 17. The van der Waals surface area contributed by atoms with Gasteiger partial charge in [0.2, 0.25) is 0 Å². The smallest absolute Gasteiger partial charge is 0.256 e. The Morgan fingerprint density at radius 3 is 1.16 bits per heavy atom. The first-order chi connectivity index (χ1) is 58.0. The standard InChI is InChI=1S/C113H87B2N3O/c1-110(2,3)76-62-86(70-36-15-10-16-37-70)107(87(63-76)71-38-17-11-18-39-71)117-97-56-33-31-54-93(97)114-95-68-96-102(69-99(95)116(79-44-23-14-24-45-79)100-66-78(112(7,8)9)67-101(117)105(100)114)119-103-61-75-60-74(80-49-35-50-85-84-48-27-30-53-92(84)113(104(80)85)90-51-28-25-46-82(90)83-47-26-29-52-91(83)113)58-59-81(75)109-106(103)115(96)94-55-32-34-57-98(94)118(109)108-88(72-40-19-12-20-41-72)64-77(111(4,5)6)65-89(108)73-42-21-13-22-43-73/h10-69H,1-9H3. The molecule has 0 saturated carbocycles. The van der Waals surface area contributed by atoms with E-state index in [1.165, 1.54) is 117 Å². The number of hydrogen-bond acceptors (Lipinski definition) is 4. The predicted molar refractivity (Wildman–Crippen MR) is 503 cm³/mol. The van der Waals surface area contributed by atoms with E-state index in [4.69, 9.17) is 4.74 Å². The normalized spacial score (nSPS) is 14.0. The zero-order chi connectivity index (χ0) is 80.1. The number of nitrogens with zero attached hydrogens (tertiary/aromatic N) is 3. The minimum Gasteiger partial charge on any atom is -0.458 e. The Morgan fingerprint density at radius 1 is 0.252 bits per heavy atom. The van der Waals surface area contributed by atoms with E-state index in [0.717, 1.165) is 107 Å². The largest absolute Gasteiger partial charge is 0.458 e. The van der Waals surface area contributed by atoms with Gasteiger partial charge >= 0.3 is 0 Å². The second kappa shape index (κ2) is 26.2. The van der Waals surface area contributed by atoms with Crippen molar-refractivity contribution in [3.05, 3.63) is 403 Å². The van der Waals surface area contributed by atoms with E-state index in [9.17, 15) is 0 Å². The Bertz CT molecular complexity index is 6910. The molecule has 0 aromatic heterocycles. The van der Waals surface area contributed by atoms with Gasteiger partial charge in [0.05, 0.1) is 22.5 Å². The number of rotatable bonds is 8. The molecule has 2 aliphatic carbocycles. The molecule has 23 rings (SSSR count). The van der Waals surface area contributed by atoms with Gasteiger partial charge in [0.15, 0.2) is 0 Å². The fourth-order valence-electron chi connectivity index (χ4n) is 21.2. The Morgan fingerprint density at radius 2 is 0.655 bits per heavy atom. The van der Waals surface area contributed by atoms with E-state index in [-0.39, 0.29) is 29.7 Å². The average molecular weight is 1520 g/mol. The summed E-state index contributed by atoms with van der Waals surface area (Å²) < 4.78 is 8.19. The summed E-state index contributed by atoms with van der Waals surface area (Å²) in [5, 5.41) is 2.23. The van der Waals surface area contributed by atoms with Crippen LogP contribution in [-0.4, -0.2) is 13.4 Å². The highest BCUT2D eigenvalue weighted by atomic mass is 16.5. The molecule has 0 saturated heterocycles. The lowest BCUT2D eigenvalue weighted by molar-refractivity contribution is 0.488. The summed E-state index contributed by atoms with van der Waals surface area (Å²) in [4.78, 5) is 7.93. The second-order valence-electron chi connectivity index (χ2n) is 36.5. The van der Waals surface area contributed by atoms with Crippen LogP contribution in [0, 0.1) is 0 Å². The predicted octanol–water partition coefficient (Wildman–Crippen LogP) is 25.9. The molecule has 4 heterocycles. The van der Waals surface area contributed by atoms with Crippen molar-refractivity contribution in [1.82, 2.24) is 0 Å². The zero-order valence-electron chi connectivity index (χ0n) is 68.5. The van der Waals surface area contributed by atoms with Crippen molar-refractivity contribution < 1.29 is 4.74 Å². The molecule has 1 spiro atoms. The van der Waals surface area contributed by atoms with Crippen LogP contribution in [-0.2, 0) is 21.7 Å². The van der Waals surface area contributed by atoms with Gasteiger partial charge in [-0.15, -0.1) is 0 Å². The van der Waals surface area contributed by atoms with E-state index >= 15 is 0 Å². The lowest BCUT2D eigenvalue weighted by Gasteiger charge is -2.47. The van der Waals surface area contributed by atoms with Crippen LogP contribution < -0.4 is 52.2 Å². The molecule has 4 aliphatic heterocycles. The Balaban J connectivity index is 0.809. The average Bonchev–Trinajstić information content (AvgIpc) is 1.53. The lowest BCUT2D eigenvalue weighted by Crippen LogP contribution is -2.64. The molecular formula is C113H87B2N3O. The summed E-state index contributed by atoms with van der Waals surface area (Å²) >= 11 is 0. The number of para-hydroxylation sites is 3. The van der Waals surface area contributed by atoms with Gasteiger partial charge in [-0.3, -0.25) is 0 Å². The summed E-state index contributed by atoms with van der Waals surface area (Å²) in [5.74, 6) is 1.69. The summed E-state index contributed by atoms with van der Waals surface area (Å²) in [6.07, 6.45) is 0. The molecule has 4 nitrogen and oxygen atoms in total. The van der Waals surface area contributed by atoms with Gasteiger partial charge in [-0.25, -0.2) is 0 Å². The van der Waals surface area contributed by atoms with Gasteiger partial charge in [0.25, 0.3) is 13.4 Å². The number of fused-ring (bicyclic) bond motifs is 20. The molecule has 0 atom stereocenters. The number of ether oxygens (including phenoxy) is 1. The fraction of sp³-hybridized carbons (Fsp3) is 0.115. The van der Waals surface area contributed by atoms with Gasteiger partial charge in [-0.1, -0.05) is 347 Å². The van der Waals surface area contributed by atoms with Gasteiger partial charge in [0, 0.05) is 67.8 Å². The molecule has 0 bridgehead atoms. The van der Waals surface area contributed by atoms with Crippen molar-refractivity contribution in [3.63, 3.8) is 0 Å². The minimum absolute atomic E-state index is 0.161. The maximum absolute atomic E-state index is 8.19. The van der Waals surface area contributed by atoms with Gasteiger partial charge in [-0.05, 0) is 222 Å². The first-order valence-corrected chi connectivity index (χ1v) is 42.3. The van der Waals surface area contributed by atoms with Crippen molar-refractivity contribution >= 4 is 108 Å². The van der Waals surface area contributed by atoms with E-state index in [1.807, 2.05) is 0 Å². The van der Waals surface area contributed by atoms with Gasteiger partial charge < -0.3 is 19.4 Å². The monoisotopic (exact) mass is 1520 g/mol. The van der Waals surface area contributed by atoms with Crippen LogP contribution in [0.15, 0.2) is 364 Å². The minimum atomic E-state index is -0.563. The maximum Gasteiger partial charge on any atom is 0.256 e. The first-order valence-electron chi connectivity index (χ1n) is 42.3. The zero-order valence-corrected chi connectivity index (χ0v) is 68.5. The van der Waals surface area contributed by atoms with Crippen LogP contribution in [0.25, 0.3) is 88.7 Å². The molecule has 0 radical (unpaired) electrons. The molecule has 0 N–H and O–H groups in total. The Kier molecular flexibility index (Phi) is 15.5. The van der Waals surface area contributed by atoms with Crippen molar-refractivity contribution in [3.8, 4) is 89.4 Å². The third-order valence-electron chi connectivity index (χ3n) is 26.7. The van der Waals surface area contributed by atoms with E-state index < -0.39 is 5.41 Å². The number of anilines is 9. The van der Waals surface area contributed by atoms with Crippen LogP contribution in [0.1, 0.15) is 101 Å². The van der Waals surface area contributed by atoms with E-state index in [2.05, 4.69) is 441 Å². The fourth-order valence-corrected chi connectivity index (χ4v) is 21.2. The van der Waals surface area contributed by atoms with Crippen LogP contribution in [0.2, 0.25) is 0 Å².